The average Bonchev–Trinajstić information content (AvgIpc) is 3.45. The number of thioether (sulfide) groups is 1. The summed E-state index contributed by atoms with van der Waals surface area (Å²) >= 11 is 3.06. The van der Waals surface area contributed by atoms with Gasteiger partial charge in [-0.2, -0.15) is 0 Å². The highest BCUT2D eigenvalue weighted by atomic mass is 32.2. The lowest BCUT2D eigenvalue weighted by Crippen LogP contribution is -2.30. The molecule has 2 aromatic carbocycles. The fraction of sp³-hybridized carbons (Fsp3) is 0.217. The molecule has 166 valence electrons. The third-order valence-corrected chi connectivity index (χ3v) is 8.90. The van der Waals surface area contributed by atoms with E-state index in [1.807, 2.05) is 24.5 Å². The average molecular weight is 487 g/mol. The van der Waals surface area contributed by atoms with Crippen molar-refractivity contribution in [3.8, 4) is 0 Å². The molecular formula is C23H22N2O4S3. The number of sulfone groups is 1. The van der Waals surface area contributed by atoms with Crippen LogP contribution >= 0.6 is 23.1 Å². The Bertz CT molecular complexity index is 1360. The van der Waals surface area contributed by atoms with Crippen LogP contribution < -0.4 is 4.90 Å². The van der Waals surface area contributed by atoms with Crippen molar-refractivity contribution in [3.63, 3.8) is 0 Å². The molecule has 0 atom stereocenters. The minimum atomic E-state index is -3.51. The molecule has 0 fully saturated rings. The zero-order chi connectivity index (χ0) is 22.9. The molecule has 9 heteroatoms. The van der Waals surface area contributed by atoms with E-state index in [2.05, 4.69) is 4.98 Å². The fourth-order valence-electron chi connectivity index (χ4n) is 3.15. The molecule has 1 amide bonds. The molecule has 0 aliphatic rings. The fourth-order valence-corrected chi connectivity index (χ4v) is 5.77. The number of hydrogen-bond acceptors (Lipinski definition) is 7. The van der Waals surface area contributed by atoms with Crippen LogP contribution in [0.2, 0.25) is 0 Å². The van der Waals surface area contributed by atoms with Gasteiger partial charge in [-0.1, -0.05) is 17.4 Å². The summed E-state index contributed by atoms with van der Waals surface area (Å²) in [5.41, 5.74) is 1.08. The number of amides is 1. The first-order valence-electron chi connectivity index (χ1n) is 9.92. The van der Waals surface area contributed by atoms with E-state index >= 15 is 0 Å². The van der Waals surface area contributed by atoms with Crippen LogP contribution in [-0.4, -0.2) is 30.8 Å². The Morgan fingerprint density at radius 3 is 2.66 bits per heavy atom. The van der Waals surface area contributed by atoms with Gasteiger partial charge in [-0.25, -0.2) is 13.4 Å². The van der Waals surface area contributed by atoms with Gasteiger partial charge >= 0.3 is 0 Å². The second-order valence-electron chi connectivity index (χ2n) is 7.42. The molecule has 4 aromatic rings. The highest BCUT2D eigenvalue weighted by Crippen LogP contribution is 2.33. The molecule has 2 heterocycles. The minimum Gasteiger partial charge on any atom is -0.467 e. The van der Waals surface area contributed by atoms with Crippen LogP contribution in [0.3, 0.4) is 0 Å². The van der Waals surface area contributed by atoms with Crippen molar-refractivity contribution in [2.45, 2.75) is 35.4 Å². The summed E-state index contributed by atoms with van der Waals surface area (Å²) in [7, 11) is -3.51. The number of carbonyl (C=O) groups excluding carboxylic acids is 1. The maximum atomic E-state index is 13.6. The number of furan rings is 1. The number of nitrogens with zero attached hydrogens (tertiary/aromatic N) is 2. The molecule has 0 bridgehead atoms. The van der Waals surface area contributed by atoms with Crippen molar-refractivity contribution in [2.75, 3.05) is 11.2 Å². The van der Waals surface area contributed by atoms with E-state index in [-0.39, 0.29) is 22.9 Å². The standard InChI is InChI=1S/C23H22N2O4S3/c1-15(2)32(27,28)19-8-4-6-16(12-19)22(26)25(14-17-7-5-11-29-17)23-24-20-10-9-18(30-3)13-21(20)31-23/h4-13,15H,14H2,1-3H3. The lowest BCUT2D eigenvalue weighted by Gasteiger charge is -2.19. The van der Waals surface area contributed by atoms with Gasteiger partial charge in [-0.15, -0.1) is 11.8 Å². The number of rotatable bonds is 7. The van der Waals surface area contributed by atoms with Crippen molar-refractivity contribution in [3.05, 3.63) is 72.2 Å². The van der Waals surface area contributed by atoms with E-state index in [1.165, 1.54) is 28.4 Å². The van der Waals surface area contributed by atoms with Crippen LogP contribution in [-0.2, 0) is 16.4 Å². The number of thiazole rings is 1. The summed E-state index contributed by atoms with van der Waals surface area (Å²) in [4.78, 5) is 21.0. The molecule has 0 spiro atoms. The van der Waals surface area contributed by atoms with E-state index in [4.69, 9.17) is 4.42 Å². The normalized spacial score (nSPS) is 11.9. The van der Waals surface area contributed by atoms with Gasteiger partial charge in [0.05, 0.1) is 33.2 Å². The molecule has 0 aliphatic carbocycles. The third-order valence-electron chi connectivity index (χ3n) is 4.98. The number of hydrogen-bond donors (Lipinski definition) is 0. The van der Waals surface area contributed by atoms with Gasteiger partial charge in [0, 0.05) is 10.5 Å². The zero-order valence-electron chi connectivity index (χ0n) is 17.8. The first-order valence-corrected chi connectivity index (χ1v) is 13.5. The zero-order valence-corrected chi connectivity index (χ0v) is 20.3. The molecule has 0 saturated carbocycles. The molecule has 0 aliphatic heterocycles. The molecule has 32 heavy (non-hydrogen) atoms. The first kappa shape index (κ1) is 22.6. The SMILES string of the molecule is CSc1ccc2nc(N(Cc3ccco3)C(=O)c3cccc(S(=O)(=O)C(C)C)c3)sc2c1. The first-order chi connectivity index (χ1) is 15.3. The summed E-state index contributed by atoms with van der Waals surface area (Å²) in [5.74, 6) is 0.264. The number of anilines is 1. The van der Waals surface area contributed by atoms with Gasteiger partial charge < -0.3 is 4.42 Å². The molecule has 0 saturated heterocycles. The van der Waals surface area contributed by atoms with Crippen molar-refractivity contribution >= 4 is 54.2 Å². The van der Waals surface area contributed by atoms with Gasteiger partial charge in [-0.05, 0) is 68.6 Å². The summed E-state index contributed by atoms with van der Waals surface area (Å²) < 4.78 is 31.7. The Balaban J connectivity index is 1.77. The lowest BCUT2D eigenvalue weighted by molar-refractivity contribution is 0.0983. The van der Waals surface area contributed by atoms with Crippen LogP contribution in [0.4, 0.5) is 5.13 Å². The van der Waals surface area contributed by atoms with Crippen LogP contribution in [0, 0.1) is 0 Å². The Morgan fingerprint density at radius 1 is 1.16 bits per heavy atom. The molecular weight excluding hydrogens is 464 g/mol. The maximum Gasteiger partial charge on any atom is 0.260 e. The van der Waals surface area contributed by atoms with Crippen LogP contribution in [0.25, 0.3) is 10.2 Å². The van der Waals surface area contributed by atoms with Crippen molar-refractivity contribution in [1.29, 1.82) is 0 Å². The smallest absolute Gasteiger partial charge is 0.260 e. The number of benzene rings is 2. The molecule has 0 unspecified atom stereocenters. The highest BCUT2D eigenvalue weighted by molar-refractivity contribution is 7.98. The Morgan fingerprint density at radius 2 is 1.97 bits per heavy atom. The predicted octanol–water partition coefficient (Wildman–Crippen LogP) is 5.64. The summed E-state index contributed by atoms with van der Waals surface area (Å²) in [6, 6.07) is 15.7. The van der Waals surface area contributed by atoms with Crippen LogP contribution in [0.15, 0.2) is 75.1 Å². The maximum absolute atomic E-state index is 13.6. The van der Waals surface area contributed by atoms with Crippen molar-refractivity contribution in [2.24, 2.45) is 0 Å². The van der Waals surface area contributed by atoms with Gasteiger partial charge in [0.15, 0.2) is 15.0 Å². The molecule has 0 N–H and O–H groups in total. The van der Waals surface area contributed by atoms with Crippen LogP contribution in [0.1, 0.15) is 30.0 Å². The van der Waals surface area contributed by atoms with E-state index in [0.29, 0.717) is 10.9 Å². The number of fused-ring (bicyclic) bond motifs is 1. The van der Waals surface area contributed by atoms with Gasteiger partial charge in [0.2, 0.25) is 0 Å². The Hall–Kier alpha value is -2.62. The highest BCUT2D eigenvalue weighted by Gasteiger charge is 2.25. The number of aromatic nitrogens is 1. The van der Waals surface area contributed by atoms with Crippen molar-refractivity contribution in [1.82, 2.24) is 4.98 Å². The van der Waals surface area contributed by atoms with Gasteiger partial charge in [0.25, 0.3) is 5.91 Å². The van der Waals surface area contributed by atoms with Crippen LogP contribution in [0.5, 0.6) is 0 Å². The summed E-state index contributed by atoms with van der Waals surface area (Å²) in [5, 5.41) is -0.0567. The van der Waals surface area contributed by atoms with Gasteiger partial charge in [-0.3, -0.25) is 9.69 Å². The van der Waals surface area contributed by atoms with E-state index in [1.54, 1.807) is 56.1 Å². The molecule has 6 nitrogen and oxygen atoms in total. The van der Waals surface area contributed by atoms with Crippen molar-refractivity contribution < 1.29 is 17.6 Å². The quantitative estimate of drug-likeness (QED) is 0.315. The third kappa shape index (κ3) is 4.46. The monoisotopic (exact) mass is 486 g/mol. The van der Waals surface area contributed by atoms with E-state index in [0.717, 1.165) is 15.1 Å². The minimum absolute atomic E-state index is 0.130. The largest absolute Gasteiger partial charge is 0.467 e. The topological polar surface area (TPSA) is 80.5 Å². The van der Waals surface area contributed by atoms with Gasteiger partial charge in [0.1, 0.15) is 5.76 Å². The second kappa shape index (κ2) is 9.09. The molecule has 4 rings (SSSR count). The summed E-state index contributed by atoms with van der Waals surface area (Å²) in [6.45, 7) is 3.43. The lowest BCUT2D eigenvalue weighted by atomic mass is 10.2. The summed E-state index contributed by atoms with van der Waals surface area (Å²) in [6.07, 6.45) is 3.56. The number of carbonyl (C=O) groups is 1. The second-order valence-corrected chi connectivity index (χ2v) is 11.8. The Kier molecular flexibility index (Phi) is 6.41. The van der Waals surface area contributed by atoms with E-state index < -0.39 is 15.1 Å². The van der Waals surface area contributed by atoms with E-state index in [9.17, 15) is 13.2 Å². The predicted molar refractivity (Wildman–Crippen MR) is 129 cm³/mol. The molecule has 0 radical (unpaired) electrons. The molecule has 2 aromatic heterocycles. The Labute approximate surface area is 195 Å².